The zero-order chi connectivity index (χ0) is 17.5. The van der Waals surface area contributed by atoms with E-state index >= 15 is 0 Å². The number of anilines is 1. The van der Waals surface area contributed by atoms with Crippen LogP contribution in [0, 0.1) is 6.92 Å². The Bertz CT molecular complexity index is 686. The lowest BCUT2D eigenvalue weighted by atomic mass is 10.2. The van der Waals surface area contributed by atoms with Gasteiger partial charge in [0.05, 0.1) is 6.10 Å². The maximum absolute atomic E-state index is 12.0. The Labute approximate surface area is 151 Å². The van der Waals surface area contributed by atoms with Crippen molar-refractivity contribution in [2.75, 3.05) is 11.9 Å². The van der Waals surface area contributed by atoms with E-state index in [1.54, 1.807) is 0 Å². The Hall–Kier alpha value is -2.01. The van der Waals surface area contributed by atoms with Crippen LogP contribution >= 0.6 is 15.9 Å². The average molecular weight is 392 g/mol. The summed E-state index contributed by atoms with van der Waals surface area (Å²) in [6.07, 6.45) is 1.12. The first-order valence-electron chi connectivity index (χ1n) is 7.93. The van der Waals surface area contributed by atoms with E-state index in [1.807, 2.05) is 56.3 Å². The Morgan fingerprint density at radius 1 is 1.17 bits per heavy atom. The number of nitrogens with one attached hydrogen (secondary N) is 1. The predicted octanol–water partition coefficient (Wildman–Crippen LogP) is 4.95. The number of carbonyl (C=O) groups excluding carboxylic acids is 1. The molecule has 24 heavy (non-hydrogen) atoms. The maximum atomic E-state index is 12.0. The van der Waals surface area contributed by atoms with Crippen molar-refractivity contribution in [3.05, 3.63) is 52.5 Å². The number of ether oxygens (including phenoxy) is 2. The van der Waals surface area contributed by atoms with Gasteiger partial charge in [0.25, 0.3) is 5.91 Å². The van der Waals surface area contributed by atoms with Crippen LogP contribution in [0.15, 0.2) is 46.9 Å². The quantitative estimate of drug-likeness (QED) is 0.725. The van der Waals surface area contributed by atoms with Gasteiger partial charge in [0.2, 0.25) is 0 Å². The smallest absolute Gasteiger partial charge is 0.262 e. The average Bonchev–Trinajstić information content (AvgIpc) is 2.57. The summed E-state index contributed by atoms with van der Waals surface area (Å²) in [4.78, 5) is 12.0. The van der Waals surface area contributed by atoms with Crippen molar-refractivity contribution in [3.63, 3.8) is 0 Å². The molecular formula is C19H22BrNO3. The van der Waals surface area contributed by atoms with Crippen molar-refractivity contribution in [2.45, 2.75) is 33.3 Å². The zero-order valence-corrected chi connectivity index (χ0v) is 15.7. The molecule has 4 nitrogen and oxygen atoms in total. The molecule has 0 radical (unpaired) electrons. The molecule has 0 heterocycles. The summed E-state index contributed by atoms with van der Waals surface area (Å²) in [5.74, 6) is 1.26. The molecule has 0 bridgehead atoms. The molecule has 128 valence electrons. The summed E-state index contributed by atoms with van der Waals surface area (Å²) in [6, 6.07) is 12.9. The number of halogens is 1. The minimum Gasteiger partial charge on any atom is -0.491 e. The van der Waals surface area contributed by atoms with Crippen LogP contribution in [0.25, 0.3) is 0 Å². The summed E-state index contributed by atoms with van der Waals surface area (Å²) in [6.45, 7) is 6.04. The second-order valence-corrected chi connectivity index (χ2v) is 6.46. The summed E-state index contributed by atoms with van der Waals surface area (Å²) in [7, 11) is 0. The van der Waals surface area contributed by atoms with E-state index in [4.69, 9.17) is 9.47 Å². The number of hydrogen-bond donors (Lipinski definition) is 1. The van der Waals surface area contributed by atoms with Gasteiger partial charge in [0.1, 0.15) is 11.5 Å². The van der Waals surface area contributed by atoms with E-state index in [-0.39, 0.29) is 18.6 Å². The molecule has 0 aliphatic heterocycles. The first-order chi connectivity index (χ1) is 11.5. The Morgan fingerprint density at radius 2 is 1.83 bits per heavy atom. The minimum atomic E-state index is -0.203. The Balaban J connectivity index is 1.84. The van der Waals surface area contributed by atoms with E-state index < -0.39 is 0 Å². The van der Waals surface area contributed by atoms with Gasteiger partial charge in [-0.15, -0.1) is 0 Å². The lowest BCUT2D eigenvalue weighted by Gasteiger charge is -2.13. The lowest BCUT2D eigenvalue weighted by Crippen LogP contribution is -2.20. The molecule has 1 N–H and O–H groups in total. The molecule has 2 rings (SSSR count). The van der Waals surface area contributed by atoms with E-state index in [9.17, 15) is 4.79 Å². The van der Waals surface area contributed by atoms with Gasteiger partial charge in [0, 0.05) is 10.2 Å². The third kappa shape index (κ3) is 5.57. The first kappa shape index (κ1) is 18.3. The first-order valence-corrected chi connectivity index (χ1v) is 8.72. The molecule has 2 aromatic rings. The van der Waals surface area contributed by atoms with Crippen LogP contribution in [0.4, 0.5) is 5.69 Å². The molecule has 0 fully saturated rings. The molecule has 0 aliphatic carbocycles. The second-order valence-electron chi connectivity index (χ2n) is 5.61. The Morgan fingerprint density at radius 3 is 2.46 bits per heavy atom. The van der Waals surface area contributed by atoms with Crippen LogP contribution in [0.3, 0.4) is 0 Å². The fraction of sp³-hybridized carbons (Fsp3) is 0.316. The second kappa shape index (κ2) is 8.73. The number of benzene rings is 2. The van der Waals surface area contributed by atoms with Crippen LogP contribution in [-0.2, 0) is 4.79 Å². The van der Waals surface area contributed by atoms with E-state index in [2.05, 4.69) is 28.2 Å². The van der Waals surface area contributed by atoms with Crippen LogP contribution in [0.2, 0.25) is 0 Å². The van der Waals surface area contributed by atoms with Crippen LogP contribution in [-0.4, -0.2) is 18.6 Å². The van der Waals surface area contributed by atoms with Gasteiger partial charge < -0.3 is 14.8 Å². The van der Waals surface area contributed by atoms with Crippen molar-refractivity contribution in [1.29, 1.82) is 0 Å². The SMILES string of the molecule is CCC(C)Oc1ccc(NC(=O)COc2ccc(Br)c(C)c2)cc1. The molecule has 0 saturated heterocycles. The van der Waals surface area contributed by atoms with Crippen molar-refractivity contribution >= 4 is 27.5 Å². The summed E-state index contributed by atoms with van der Waals surface area (Å²) >= 11 is 3.43. The minimum absolute atomic E-state index is 0.0355. The highest BCUT2D eigenvalue weighted by Crippen LogP contribution is 2.22. The third-order valence-corrected chi connectivity index (χ3v) is 4.44. The Kier molecular flexibility index (Phi) is 6.67. The third-order valence-electron chi connectivity index (χ3n) is 3.55. The lowest BCUT2D eigenvalue weighted by molar-refractivity contribution is -0.118. The zero-order valence-electron chi connectivity index (χ0n) is 14.1. The summed E-state index contributed by atoms with van der Waals surface area (Å²) in [5, 5.41) is 2.80. The highest BCUT2D eigenvalue weighted by molar-refractivity contribution is 9.10. The van der Waals surface area contributed by atoms with Crippen LogP contribution < -0.4 is 14.8 Å². The number of carbonyl (C=O) groups is 1. The molecule has 1 amide bonds. The predicted molar refractivity (Wildman–Crippen MR) is 99.8 cm³/mol. The molecule has 1 unspecified atom stereocenters. The normalized spacial score (nSPS) is 11.7. The summed E-state index contributed by atoms with van der Waals surface area (Å²) in [5.41, 5.74) is 1.77. The van der Waals surface area contributed by atoms with Gasteiger partial charge in [-0.05, 0) is 68.3 Å². The monoisotopic (exact) mass is 391 g/mol. The number of hydrogen-bond acceptors (Lipinski definition) is 3. The van der Waals surface area contributed by atoms with Crippen molar-refractivity contribution < 1.29 is 14.3 Å². The molecule has 0 aromatic heterocycles. The maximum Gasteiger partial charge on any atom is 0.262 e. The van der Waals surface area contributed by atoms with Gasteiger partial charge >= 0.3 is 0 Å². The number of rotatable bonds is 7. The van der Waals surface area contributed by atoms with Crippen LogP contribution in [0.1, 0.15) is 25.8 Å². The van der Waals surface area contributed by atoms with Gasteiger partial charge in [0.15, 0.2) is 6.61 Å². The van der Waals surface area contributed by atoms with Gasteiger partial charge in [-0.2, -0.15) is 0 Å². The fourth-order valence-electron chi connectivity index (χ4n) is 1.99. The fourth-order valence-corrected chi connectivity index (χ4v) is 2.23. The highest BCUT2D eigenvalue weighted by Gasteiger charge is 2.06. The molecule has 2 aromatic carbocycles. The molecule has 1 atom stereocenters. The largest absolute Gasteiger partial charge is 0.491 e. The van der Waals surface area contributed by atoms with E-state index in [0.29, 0.717) is 11.4 Å². The molecule has 0 spiro atoms. The molecule has 0 aliphatic rings. The highest BCUT2D eigenvalue weighted by atomic mass is 79.9. The van der Waals surface area contributed by atoms with Crippen molar-refractivity contribution in [3.8, 4) is 11.5 Å². The van der Waals surface area contributed by atoms with Crippen molar-refractivity contribution in [1.82, 2.24) is 0 Å². The van der Waals surface area contributed by atoms with E-state index in [0.717, 1.165) is 22.2 Å². The molecule has 5 heteroatoms. The topological polar surface area (TPSA) is 47.6 Å². The number of amides is 1. The number of aryl methyl sites for hydroxylation is 1. The van der Waals surface area contributed by atoms with Gasteiger partial charge in [-0.1, -0.05) is 22.9 Å². The molecule has 0 saturated carbocycles. The van der Waals surface area contributed by atoms with Crippen molar-refractivity contribution in [2.24, 2.45) is 0 Å². The van der Waals surface area contributed by atoms with Gasteiger partial charge in [-0.3, -0.25) is 4.79 Å². The standard InChI is InChI=1S/C19H22BrNO3/c1-4-14(3)24-16-7-5-15(6-8-16)21-19(22)12-23-17-9-10-18(20)13(2)11-17/h5-11,14H,4,12H2,1-3H3,(H,21,22). The summed E-state index contributed by atoms with van der Waals surface area (Å²) < 4.78 is 12.2. The van der Waals surface area contributed by atoms with Gasteiger partial charge in [-0.25, -0.2) is 0 Å². The molecular weight excluding hydrogens is 370 g/mol. The van der Waals surface area contributed by atoms with Crippen LogP contribution in [0.5, 0.6) is 11.5 Å². The van der Waals surface area contributed by atoms with E-state index in [1.165, 1.54) is 0 Å².